The standard InChI is InChI=1S/C19H22N6/c1-24(2)15-10-8-13(9-11-15)17-16(20)18(14-6-4-3-5-7-14)25-19(23-17)21-12-22-25/h3-12,16-18H,20H2,1-2H3,(H,21,22,23)/t16-,17-,18+/m0/s1. The first-order valence-electron chi connectivity index (χ1n) is 8.39. The molecule has 0 amide bonds. The van der Waals surface area contributed by atoms with Crippen LogP contribution in [0.4, 0.5) is 11.6 Å². The van der Waals surface area contributed by atoms with Gasteiger partial charge in [0.25, 0.3) is 0 Å². The lowest BCUT2D eigenvalue weighted by Crippen LogP contribution is -2.46. The van der Waals surface area contributed by atoms with Crippen molar-refractivity contribution in [2.75, 3.05) is 24.3 Å². The molecule has 6 nitrogen and oxygen atoms in total. The Morgan fingerprint density at radius 2 is 1.72 bits per heavy atom. The van der Waals surface area contributed by atoms with Gasteiger partial charge in [-0.05, 0) is 23.3 Å². The number of benzene rings is 2. The van der Waals surface area contributed by atoms with E-state index in [1.807, 2.05) is 37.0 Å². The van der Waals surface area contributed by atoms with Crippen LogP contribution in [0.1, 0.15) is 23.2 Å². The summed E-state index contributed by atoms with van der Waals surface area (Å²) in [6.07, 6.45) is 1.57. The molecular weight excluding hydrogens is 312 g/mol. The largest absolute Gasteiger partial charge is 0.378 e. The van der Waals surface area contributed by atoms with Gasteiger partial charge in [-0.15, -0.1) is 0 Å². The molecule has 6 heteroatoms. The van der Waals surface area contributed by atoms with E-state index in [1.54, 1.807) is 6.33 Å². The summed E-state index contributed by atoms with van der Waals surface area (Å²) in [5, 5.41) is 7.83. The number of aromatic nitrogens is 3. The number of anilines is 2. The molecule has 2 heterocycles. The van der Waals surface area contributed by atoms with E-state index in [1.165, 1.54) is 0 Å². The molecular formula is C19H22N6. The van der Waals surface area contributed by atoms with Gasteiger partial charge in [-0.25, -0.2) is 4.68 Å². The van der Waals surface area contributed by atoms with Gasteiger partial charge in [0.05, 0.1) is 18.1 Å². The summed E-state index contributed by atoms with van der Waals surface area (Å²) in [4.78, 5) is 6.45. The third-order valence-electron chi connectivity index (χ3n) is 4.78. The monoisotopic (exact) mass is 334 g/mol. The predicted octanol–water partition coefficient (Wildman–Crippen LogP) is 2.43. The van der Waals surface area contributed by atoms with Crippen molar-refractivity contribution in [2.24, 2.45) is 5.73 Å². The maximum atomic E-state index is 6.70. The smallest absolute Gasteiger partial charge is 0.222 e. The van der Waals surface area contributed by atoms with Crippen molar-refractivity contribution < 1.29 is 0 Å². The fraction of sp³-hybridized carbons (Fsp3) is 0.263. The third kappa shape index (κ3) is 2.74. The molecule has 0 unspecified atom stereocenters. The highest BCUT2D eigenvalue weighted by atomic mass is 15.4. The average molecular weight is 334 g/mol. The van der Waals surface area contributed by atoms with E-state index in [0.29, 0.717) is 0 Å². The van der Waals surface area contributed by atoms with E-state index in [-0.39, 0.29) is 18.1 Å². The van der Waals surface area contributed by atoms with Gasteiger partial charge in [0.15, 0.2) is 0 Å². The second kappa shape index (κ2) is 6.22. The fourth-order valence-electron chi connectivity index (χ4n) is 3.44. The molecule has 0 saturated heterocycles. The van der Waals surface area contributed by atoms with E-state index in [9.17, 15) is 0 Å². The van der Waals surface area contributed by atoms with E-state index in [2.05, 4.69) is 56.7 Å². The topological polar surface area (TPSA) is 72.0 Å². The highest BCUT2D eigenvalue weighted by molar-refractivity contribution is 5.49. The average Bonchev–Trinajstić information content (AvgIpc) is 3.10. The summed E-state index contributed by atoms with van der Waals surface area (Å²) >= 11 is 0. The van der Waals surface area contributed by atoms with Crippen molar-refractivity contribution >= 4 is 11.6 Å². The Morgan fingerprint density at radius 1 is 1.00 bits per heavy atom. The van der Waals surface area contributed by atoms with Crippen LogP contribution >= 0.6 is 0 Å². The molecule has 3 atom stereocenters. The summed E-state index contributed by atoms with van der Waals surface area (Å²) in [5.74, 6) is 0.747. The van der Waals surface area contributed by atoms with Crippen molar-refractivity contribution in [3.63, 3.8) is 0 Å². The van der Waals surface area contributed by atoms with Crippen molar-refractivity contribution in [3.05, 3.63) is 72.1 Å². The zero-order valence-corrected chi connectivity index (χ0v) is 14.4. The molecule has 0 saturated carbocycles. The Balaban J connectivity index is 1.73. The SMILES string of the molecule is CN(C)c1ccc([C@@H]2Nc3ncnn3[C@H](c3ccccc3)[C@H]2N)cc1. The fourth-order valence-corrected chi connectivity index (χ4v) is 3.44. The summed E-state index contributed by atoms with van der Waals surface area (Å²) in [7, 11) is 4.07. The van der Waals surface area contributed by atoms with Gasteiger partial charge >= 0.3 is 0 Å². The molecule has 4 rings (SSSR count). The third-order valence-corrected chi connectivity index (χ3v) is 4.78. The minimum atomic E-state index is -0.165. The second-order valence-corrected chi connectivity index (χ2v) is 6.57. The first-order chi connectivity index (χ1) is 12.1. The Hall–Kier alpha value is -2.86. The lowest BCUT2D eigenvalue weighted by atomic mass is 9.89. The molecule has 1 aliphatic heterocycles. The number of rotatable bonds is 3. The maximum Gasteiger partial charge on any atom is 0.222 e. The molecule has 0 radical (unpaired) electrons. The van der Waals surface area contributed by atoms with Crippen LogP contribution in [0.3, 0.4) is 0 Å². The van der Waals surface area contributed by atoms with Gasteiger partial charge in [0.1, 0.15) is 6.33 Å². The number of nitrogens with one attached hydrogen (secondary N) is 1. The molecule has 0 spiro atoms. The summed E-state index contributed by atoms with van der Waals surface area (Å²) in [6, 6.07) is 18.5. The van der Waals surface area contributed by atoms with Crippen LogP contribution in [0, 0.1) is 0 Å². The second-order valence-electron chi connectivity index (χ2n) is 6.57. The van der Waals surface area contributed by atoms with Crippen molar-refractivity contribution in [1.82, 2.24) is 14.8 Å². The summed E-state index contributed by atoms with van der Waals surface area (Å²) in [6.45, 7) is 0. The first-order valence-corrected chi connectivity index (χ1v) is 8.39. The van der Waals surface area contributed by atoms with Gasteiger partial charge in [0.2, 0.25) is 5.95 Å². The minimum Gasteiger partial charge on any atom is -0.378 e. The zero-order valence-electron chi connectivity index (χ0n) is 14.4. The van der Waals surface area contributed by atoms with Crippen LogP contribution in [0.25, 0.3) is 0 Å². The van der Waals surface area contributed by atoms with Crippen LogP contribution in [-0.2, 0) is 0 Å². The molecule has 3 N–H and O–H groups in total. The normalized spacial score (nSPS) is 22.1. The quantitative estimate of drug-likeness (QED) is 0.770. The van der Waals surface area contributed by atoms with E-state index >= 15 is 0 Å². The Kier molecular flexibility index (Phi) is 3.89. The van der Waals surface area contributed by atoms with Crippen LogP contribution in [0.5, 0.6) is 0 Å². The number of nitrogens with zero attached hydrogens (tertiary/aromatic N) is 4. The van der Waals surface area contributed by atoms with E-state index in [0.717, 1.165) is 22.8 Å². The molecule has 128 valence electrons. The van der Waals surface area contributed by atoms with Gasteiger partial charge in [-0.2, -0.15) is 10.1 Å². The first kappa shape index (κ1) is 15.7. The number of nitrogens with two attached hydrogens (primary N) is 1. The summed E-state index contributed by atoms with van der Waals surface area (Å²) in [5.41, 5.74) is 10.1. The van der Waals surface area contributed by atoms with Crippen LogP contribution in [0.2, 0.25) is 0 Å². The van der Waals surface area contributed by atoms with E-state index in [4.69, 9.17) is 5.73 Å². The molecule has 0 aliphatic carbocycles. The molecule has 0 fully saturated rings. The number of hydrogen-bond donors (Lipinski definition) is 2. The van der Waals surface area contributed by atoms with Crippen LogP contribution < -0.4 is 16.0 Å². The Bertz CT molecular complexity index is 840. The van der Waals surface area contributed by atoms with Gasteiger partial charge in [-0.3, -0.25) is 0 Å². The van der Waals surface area contributed by atoms with Crippen molar-refractivity contribution in [2.45, 2.75) is 18.1 Å². The predicted molar refractivity (Wildman–Crippen MR) is 99.7 cm³/mol. The zero-order chi connectivity index (χ0) is 17.4. The number of hydrogen-bond acceptors (Lipinski definition) is 5. The molecule has 1 aromatic heterocycles. The maximum absolute atomic E-state index is 6.70. The lowest BCUT2D eigenvalue weighted by Gasteiger charge is -2.37. The molecule has 0 bridgehead atoms. The highest BCUT2D eigenvalue weighted by Crippen LogP contribution is 2.36. The Morgan fingerprint density at radius 3 is 2.40 bits per heavy atom. The summed E-state index contributed by atoms with van der Waals surface area (Å²) < 4.78 is 1.88. The van der Waals surface area contributed by atoms with Gasteiger partial charge in [0, 0.05) is 19.8 Å². The van der Waals surface area contributed by atoms with Gasteiger partial charge < -0.3 is 16.0 Å². The van der Waals surface area contributed by atoms with Crippen LogP contribution in [0.15, 0.2) is 60.9 Å². The Labute approximate surface area is 147 Å². The lowest BCUT2D eigenvalue weighted by molar-refractivity contribution is 0.371. The highest BCUT2D eigenvalue weighted by Gasteiger charge is 2.37. The molecule has 25 heavy (non-hydrogen) atoms. The van der Waals surface area contributed by atoms with Crippen molar-refractivity contribution in [1.29, 1.82) is 0 Å². The minimum absolute atomic E-state index is 0.0295. The molecule has 2 aromatic carbocycles. The van der Waals surface area contributed by atoms with Crippen molar-refractivity contribution in [3.8, 4) is 0 Å². The van der Waals surface area contributed by atoms with E-state index < -0.39 is 0 Å². The number of fused-ring (bicyclic) bond motifs is 1. The molecule has 1 aliphatic rings. The van der Waals surface area contributed by atoms with Gasteiger partial charge in [-0.1, -0.05) is 42.5 Å². The molecule has 3 aromatic rings. The van der Waals surface area contributed by atoms with Crippen LogP contribution in [-0.4, -0.2) is 34.9 Å².